The lowest BCUT2D eigenvalue weighted by atomic mass is 10.1. The highest BCUT2D eigenvalue weighted by molar-refractivity contribution is 14.0. The summed E-state index contributed by atoms with van der Waals surface area (Å²) in [5.41, 5.74) is 2.10. The maximum Gasteiger partial charge on any atom is 0.213 e. The zero-order chi connectivity index (χ0) is 18.8. The van der Waals surface area contributed by atoms with Crippen LogP contribution in [0.2, 0.25) is 5.02 Å². The Kier molecular flexibility index (Phi) is 10.9. The number of hydrogen-bond donors (Lipinski definition) is 2. The molecule has 0 atom stereocenters. The average Bonchev–Trinajstić information content (AvgIpc) is 2.67. The first kappa shape index (κ1) is 23.3. The van der Waals surface area contributed by atoms with E-state index in [0.29, 0.717) is 17.4 Å². The van der Waals surface area contributed by atoms with Crippen LogP contribution < -0.4 is 20.1 Å². The fourth-order valence-corrected chi connectivity index (χ4v) is 2.61. The maximum absolute atomic E-state index is 6.28. The molecule has 0 unspecified atom stereocenters. The third-order valence-electron chi connectivity index (χ3n) is 3.72. The van der Waals surface area contributed by atoms with Crippen molar-refractivity contribution in [3.63, 3.8) is 0 Å². The number of hydrogen-bond acceptors (Lipinski definition) is 4. The van der Waals surface area contributed by atoms with Gasteiger partial charge in [0.15, 0.2) is 5.96 Å². The Hall–Kier alpha value is -1.74. The fourth-order valence-electron chi connectivity index (χ4n) is 2.35. The number of halogens is 2. The summed E-state index contributed by atoms with van der Waals surface area (Å²) in [5, 5.41) is 7.27. The zero-order valence-electron chi connectivity index (χ0n) is 15.8. The van der Waals surface area contributed by atoms with E-state index in [-0.39, 0.29) is 24.0 Å². The minimum Gasteiger partial charge on any atom is -0.497 e. The first-order valence-electron chi connectivity index (χ1n) is 8.49. The summed E-state index contributed by atoms with van der Waals surface area (Å²) >= 11 is 6.28. The molecule has 2 N–H and O–H groups in total. The number of guanidine groups is 1. The summed E-state index contributed by atoms with van der Waals surface area (Å²) in [6.07, 6.45) is 2.51. The number of aliphatic imine (C=N–C) groups is 1. The summed E-state index contributed by atoms with van der Waals surface area (Å²) in [6.45, 7) is 4.08. The molecule has 1 heterocycles. The zero-order valence-corrected chi connectivity index (χ0v) is 18.9. The van der Waals surface area contributed by atoms with Gasteiger partial charge in [-0.25, -0.2) is 9.98 Å². The quantitative estimate of drug-likeness (QED) is 0.326. The molecule has 0 amide bonds. The standard InChI is InChI=1S/C19H25ClN4O2.HI/c1-4-21-19(24-13-14-7-9-22-18(11-14)26-3)23-10-8-15-5-6-16(25-2)12-17(15)20;/h5-7,9,11-12H,4,8,10,13H2,1-3H3,(H2,21,23,24);1H. The Morgan fingerprint density at radius 3 is 2.63 bits per heavy atom. The van der Waals surface area contributed by atoms with Crippen molar-refractivity contribution in [3.05, 3.63) is 52.7 Å². The van der Waals surface area contributed by atoms with E-state index in [1.807, 2.05) is 37.3 Å². The van der Waals surface area contributed by atoms with Gasteiger partial charge < -0.3 is 20.1 Å². The molecule has 0 radical (unpaired) electrons. The first-order chi connectivity index (χ1) is 12.7. The Balaban J connectivity index is 0.00000364. The van der Waals surface area contributed by atoms with Crippen molar-refractivity contribution in [1.29, 1.82) is 0 Å². The number of pyridine rings is 1. The molecule has 0 aliphatic heterocycles. The van der Waals surface area contributed by atoms with Crippen LogP contribution in [0, 0.1) is 0 Å². The van der Waals surface area contributed by atoms with Crippen molar-refractivity contribution in [2.75, 3.05) is 27.3 Å². The van der Waals surface area contributed by atoms with Crippen molar-refractivity contribution in [2.24, 2.45) is 4.99 Å². The fraction of sp³-hybridized carbons (Fsp3) is 0.368. The SMILES string of the molecule is CCNC(=NCc1ccnc(OC)c1)NCCc1ccc(OC)cc1Cl.I. The van der Waals surface area contributed by atoms with Gasteiger partial charge >= 0.3 is 0 Å². The van der Waals surface area contributed by atoms with Crippen LogP contribution in [-0.4, -0.2) is 38.3 Å². The number of nitrogens with one attached hydrogen (secondary N) is 2. The van der Waals surface area contributed by atoms with E-state index in [2.05, 4.69) is 20.6 Å². The van der Waals surface area contributed by atoms with Crippen LogP contribution in [-0.2, 0) is 13.0 Å². The van der Waals surface area contributed by atoms with E-state index in [1.54, 1.807) is 20.4 Å². The number of nitrogens with zero attached hydrogens (tertiary/aromatic N) is 2. The van der Waals surface area contributed by atoms with E-state index in [0.717, 1.165) is 42.3 Å². The highest BCUT2D eigenvalue weighted by Crippen LogP contribution is 2.22. The van der Waals surface area contributed by atoms with E-state index >= 15 is 0 Å². The Morgan fingerprint density at radius 1 is 1.15 bits per heavy atom. The van der Waals surface area contributed by atoms with Gasteiger partial charge in [0, 0.05) is 30.4 Å². The third kappa shape index (κ3) is 7.80. The second kappa shape index (κ2) is 12.6. The lowest BCUT2D eigenvalue weighted by Crippen LogP contribution is -2.38. The molecule has 148 valence electrons. The van der Waals surface area contributed by atoms with Crippen LogP contribution in [0.1, 0.15) is 18.1 Å². The van der Waals surface area contributed by atoms with Crippen LogP contribution in [0.5, 0.6) is 11.6 Å². The first-order valence-corrected chi connectivity index (χ1v) is 8.87. The Labute approximate surface area is 182 Å². The molecule has 2 aromatic rings. The summed E-state index contributed by atoms with van der Waals surface area (Å²) in [5.74, 6) is 2.10. The van der Waals surface area contributed by atoms with E-state index in [4.69, 9.17) is 21.1 Å². The molecule has 8 heteroatoms. The lowest BCUT2D eigenvalue weighted by Gasteiger charge is -2.12. The van der Waals surface area contributed by atoms with Crippen molar-refractivity contribution >= 4 is 41.5 Å². The molecule has 6 nitrogen and oxygen atoms in total. The van der Waals surface area contributed by atoms with Crippen LogP contribution in [0.3, 0.4) is 0 Å². The van der Waals surface area contributed by atoms with Gasteiger partial charge in [0.2, 0.25) is 5.88 Å². The average molecular weight is 505 g/mol. The summed E-state index contributed by atoms with van der Waals surface area (Å²) in [7, 11) is 3.23. The van der Waals surface area contributed by atoms with E-state index < -0.39 is 0 Å². The predicted octanol–water partition coefficient (Wildman–Crippen LogP) is 3.67. The molecule has 27 heavy (non-hydrogen) atoms. The summed E-state index contributed by atoms with van der Waals surface area (Å²) in [4.78, 5) is 8.70. The number of benzene rings is 1. The van der Waals surface area contributed by atoms with Gasteiger partial charge in [-0.2, -0.15) is 0 Å². The minimum absolute atomic E-state index is 0. The Bertz CT molecular complexity index is 743. The molecule has 2 rings (SSSR count). The number of rotatable bonds is 8. The van der Waals surface area contributed by atoms with Crippen molar-refractivity contribution in [3.8, 4) is 11.6 Å². The minimum atomic E-state index is 0. The molecule has 0 aliphatic carbocycles. The largest absolute Gasteiger partial charge is 0.497 e. The van der Waals surface area contributed by atoms with E-state index in [1.165, 1.54) is 0 Å². The molecule has 0 spiro atoms. The van der Waals surface area contributed by atoms with Gasteiger partial charge in [0.05, 0.1) is 20.8 Å². The highest BCUT2D eigenvalue weighted by atomic mass is 127. The van der Waals surface area contributed by atoms with Crippen LogP contribution in [0.15, 0.2) is 41.5 Å². The number of ether oxygens (including phenoxy) is 2. The van der Waals surface area contributed by atoms with Crippen LogP contribution in [0.4, 0.5) is 0 Å². The van der Waals surface area contributed by atoms with Gasteiger partial charge in [-0.05, 0) is 42.7 Å². The van der Waals surface area contributed by atoms with Crippen molar-refractivity contribution in [2.45, 2.75) is 19.9 Å². The van der Waals surface area contributed by atoms with E-state index in [9.17, 15) is 0 Å². The summed E-state index contributed by atoms with van der Waals surface area (Å²) in [6, 6.07) is 9.53. The third-order valence-corrected chi connectivity index (χ3v) is 4.07. The lowest BCUT2D eigenvalue weighted by molar-refractivity contribution is 0.397. The molecule has 0 saturated heterocycles. The Morgan fingerprint density at radius 2 is 1.96 bits per heavy atom. The van der Waals surface area contributed by atoms with Crippen molar-refractivity contribution < 1.29 is 9.47 Å². The second-order valence-electron chi connectivity index (χ2n) is 5.54. The molecule has 1 aromatic carbocycles. The van der Waals surface area contributed by atoms with Gasteiger partial charge in [-0.15, -0.1) is 24.0 Å². The number of methoxy groups -OCH3 is 2. The molecular formula is C19H26ClIN4O2. The monoisotopic (exact) mass is 504 g/mol. The molecule has 0 aliphatic rings. The smallest absolute Gasteiger partial charge is 0.213 e. The second-order valence-corrected chi connectivity index (χ2v) is 5.94. The van der Waals surface area contributed by atoms with Gasteiger partial charge in [0.25, 0.3) is 0 Å². The molecule has 0 saturated carbocycles. The molecule has 0 fully saturated rings. The molecule has 0 bridgehead atoms. The summed E-state index contributed by atoms with van der Waals surface area (Å²) < 4.78 is 10.3. The molecule has 1 aromatic heterocycles. The van der Waals surface area contributed by atoms with Crippen molar-refractivity contribution in [1.82, 2.24) is 15.6 Å². The van der Waals surface area contributed by atoms with Crippen LogP contribution >= 0.6 is 35.6 Å². The van der Waals surface area contributed by atoms with Crippen LogP contribution in [0.25, 0.3) is 0 Å². The van der Waals surface area contributed by atoms with Gasteiger partial charge in [-0.3, -0.25) is 0 Å². The maximum atomic E-state index is 6.28. The number of aromatic nitrogens is 1. The highest BCUT2D eigenvalue weighted by Gasteiger charge is 2.04. The normalized spacial score (nSPS) is 10.7. The van der Waals surface area contributed by atoms with Gasteiger partial charge in [-0.1, -0.05) is 17.7 Å². The molecular weight excluding hydrogens is 479 g/mol. The predicted molar refractivity (Wildman–Crippen MR) is 121 cm³/mol. The van der Waals surface area contributed by atoms with Gasteiger partial charge in [0.1, 0.15) is 5.75 Å². The topological polar surface area (TPSA) is 67.8 Å².